The second-order valence-corrected chi connectivity index (χ2v) is 2.42. The first-order valence-electron chi connectivity index (χ1n) is 3.55. The molecule has 0 aliphatic carbocycles. The molecular formula is C6H13NO4. The van der Waals surface area contributed by atoms with Crippen molar-refractivity contribution in [3.05, 3.63) is 0 Å². The number of hydrogen-bond donors (Lipinski definition) is 3. The van der Waals surface area contributed by atoms with Crippen molar-refractivity contribution in [3.63, 3.8) is 0 Å². The van der Waals surface area contributed by atoms with Crippen LogP contribution in [0.5, 0.6) is 0 Å². The summed E-state index contributed by atoms with van der Waals surface area (Å²) in [5.74, 6) is 0. The van der Waals surface area contributed by atoms with Crippen molar-refractivity contribution < 1.29 is 19.7 Å². The molecule has 0 spiro atoms. The van der Waals surface area contributed by atoms with Gasteiger partial charge in [-0.3, -0.25) is 0 Å². The van der Waals surface area contributed by atoms with Crippen LogP contribution < -0.4 is 5.73 Å². The highest BCUT2D eigenvalue weighted by atomic mass is 16.7. The van der Waals surface area contributed by atoms with Crippen LogP contribution >= 0.6 is 0 Å². The zero-order chi connectivity index (χ0) is 8.27. The zero-order valence-electron chi connectivity index (χ0n) is 6.14. The maximum atomic E-state index is 9.14. The third-order valence-electron chi connectivity index (χ3n) is 1.50. The Labute approximate surface area is 64.7 Å². The highest BCUT2D eigenvalue weighted by Crippen LogP contribution is 2.14. The normalized spacial score (nSPS) is 37.9. The Morgan fingerprint density at radius 3 is 2.73 bits per heavy atom. The number of ether oxygens (including phenoxy) is 2. The smallest absolute Gasteiger partial charge is 0.186 e. The summed E-state index contributed by atoms with van der Waals surface area (Å²) in [6.07, 6.45) is -2.49. The summed E-state index contributed by atoms with van der Waals surface area (Å²) in [6, 6.07) is 0. The van der Waals surface area contributed by atoms with Gasteiger partial charge >= 0.3 is 0 Å². The molecule has 5 nitrogen and oxygen atoms in total. The van der Waals surface area contributed by atoms with Gasteiger partial charge in [0, 0.05) is 6.54 Å². The molecule has 1 aliphatic rings. The number of rotatable bonds is 3. The summed E-state index contributed by atoms with van der Waals surface area (Å²) in [5.41, 5.74) is 5.16. The average Bonchev–Trinajstić information content (AvgIpc) is 2.31. The summed E-state index contributed by atoms with van der Waals surface area (Å²) in [5, 5.41) is 18.1. The van der Waals surface area contributed by atoms with Gasteiger partial charge in [0.15, 0.2) is 6.29 Å². The number of nitrogens with two attached hydrogens (primary N) is 1. The van der Waals surface area contributed by atoms with Crippen molar-refractivity contribution >= 4 is 0 Å². The van der Waals surface area contributed by atoms with Gasteiger partial charge in [-0.15, -0.1) is 0 Å². The Balaban J connectivity index is 2.24. The molecule has 0 radical (unpaired) electrons. The van der Waals surface area contributed by atoms with E-state index < -0.39 is 18.5 Å². The second-order valence-electron chi connectivity index (χ2n) is 2.42. The monoisotopic (exact) mass is 163 g/mol. The van der Waals surface area contributed by atoms with E-state index in [9.17, 15) is 0 Å². The quantitative estimate of drug-likeness (QED) is 0.450. The van der Waals surface area contributed by atoms with Crippen molar-refractivity contribution in [2.75, 3.05) is 19.8 Å². The maximum Gasteiger partial charge on any atom is 0.186 e. The Morgan fingerprint density at radius 2 is 2.27 bits per heavy atom. The molecule has 0 saturated carbocycles. The van der Waals surface area contributed by atoms with Crippen LogP contribution in [0, 0.1) is 0 Å². The molecular weight excluding hydrogens is 150 g/mol. The van der Waals surface area contributed by atoms with E-state index in [-0.39, 0.29) is 6.61 Å². The van der Waals surface area contributed by atoms with E-state index in [0.29, 0.717) is 13.2 Å². The van der Waals surface area contributed by atoms with E-state index in [1.807, 2.05) is 0 Å². The maximum absolute atomic E-state index is 9.14. The molecule has 1 aliphatic heterocycles. The number of aliphatic hydroxyl groups excluding tert-OH is 2. The highest BCUT2D eigenvalue weighted by molar-refractivity contribution is 4.76. The van der Waals surface area contributed by atoms with Gasteiger partial charge in [-0.1, -0.05) is 0 Å². The SMILES string of the molecule is NCCOC1OCC(O)C1O. The third kappa shape index (κ3) is 2.11. The first-order valence-corrected chi connectivity index (χ1v) is 3.55. The van der Waals surface area contributed by atoms with E-state index in [4.69, 9.17) is 25.4 Å². The fourth-order valence-corrected chi connectivity index (χ4v) is 0.903. The van der Waals surface area contributed by atoms with E-state index in [0.717, 1.165) is 0 Å². The van der Waals surface area contributed by atoms with Gasteiger partial charge in [0.05, 0.1) is 13.2 Å². The minimum absolute atomic E-state index is 0.121. The van der Waals surface area contributed by atoms with Crippen molar-refractivity contribution in [2.24, 2.45) is 5.73 Å². The first kappa shape index (κ1) is 8.89. The standard InChI is InChI=1S/C6H13NO4/c7-1-2-10-6-5(9)4(8)3-11-6/h4-6,8-9H,1-3,7H2. The lowest BCUT2D eigenvalue weighted by molar-refractivity contribution is -0.150. The van der Waals surface area contributed by atoms with E-state index in [2.05, 4.69) is 0 Å². The fraction of sp³-hybridized carbons (Fsp3) is 1.00. The summed E-state index contributed by atoms with van der Waals surface area (Å²) < 4.78 is 9.88. The van der Waals surface area contributed by atoms with Gasteiger partial charge < -0.3 is 25.4 Å². The predicted octanol–water partition coefficient (Wildman–Crippen LogP) is -1.96. The van der Waals surface area contributed by atoms with Crippen molar-refractivity contribution in [1.29, 1.82) is 0 Å². The molecule has 11 heavy (non-hydrogen) atoms. The molecule has 5 heteroatoms. The van der Waals surface area contributed by atoms with Crippen LogP contribution in [0.15, 0.2) is 0 Å². The molecule has 0 bridgehead atoms. The number of hydrogen-bond acceptors (Lipinski definition) is 5. The lowest BCUT2D eigenvalue weighted by Crippen LogP contribution is -2.32. The molecule has 4 N–H and O–H groups in total. The van der Waals surface area contributed by atoms with Crippen molar-refractivity contribution in [3.8, 4) is 0 Å². The molecule has 66 valence electrons. The van der Waals surface area contributed by atoms with E-state index in [1.165, 1.54) is 0 Å². The fourth-order valence-electron chi connectivity index (χ4n) is 0.903. The van der Waals surface area contributed by atoms with Crippen molar-refractivity contribution in [2.45, 2.75) is 18.5 Å². The Bertz CT molecular complexity index is 121. The molecule has 0 aromatic heterocycles. The van der Waals surface area contributed by atoms with Gasteiger partial charge in [0.25, 0.3) is 0 Å². The highest BCUT2D eigenvalue weighted by Gasteiger charge is 2.34. The van der Waals surface area contributed by atoms with Gasteiger partial charge in [0.1, 0.15) is 12.2 Å². The van der Waals surface area contributed by atoms with Gasteiger partial charge in [-0.25, -0.2) is 0 Å². The molecule has 0 amide bonds. The molecule has 3 unspecified atom stereocenters. The second kappa shape index (κ2) is 3.99. The van der Waals surface area contributed by atoms with Gasteiger partial charge in [-0.05, 0) is 0 Å². The zero-order valence-corrected chi connectivity index (χ0v) is 6.14. The van der Waals surface area contributed by atoms with E-state index >= 15 is 0 Å². The van der Waals surface area contributed by atoms with Crippen LogP contribution in [0.4, 0.5) is 0 Å². The minimum Gasteiger partial charge on any atom is -0.388 e. The minimum atomic E-state index is -0.943. The van der Waals surface area contributed by atoms with E-state index in [1.54, 1.807) is 0 Å². The summed E-state index contributed by atoms with van der Waals surface area (Å²) >= 11 is 0. The Morgan fingerprint density at radius 1 is 1.55 bits per heavy atom. The van der Waals surface area contributed by atoms with Crippen LogP contribution in [-0.2, 0) is 9.47 Å². The molecule has 1 fully saturated rings. The topological polar surface area (TPSA) is 84.9 Å². The molecule has 1 saturated heterocycles. The van der Waals surface area contributed by atoms with Crippen LogP contribution in [0.1, 0.15) is 0 Å². The first-order chi connectivity index (χ1) is 5.25. The summed E-state index contributed by atoms with van der Waals surface area (Å²) in [4.78, 5) is 0. The molecule has 0 aromatic carbocycles. The van der Waals surface area contributed by atoms with Crippen LogP contribution in [-0.4, -0.2) is 48.5 Å². The molecule has 1 heterocycles. The van der Waals surface area contributed by atoms with Crippen molar-refractivity contribution in [1.82, 2.24) is 0 Å². The van der Waals surface area contributed by atoms with Crippen LogP contribution in [0.3, 0.4) is 0 Å². The molecule has 1 rings (SSSR count). The number of aliphatic hydroxyl groups is 2. The lowest BCUT2D eigenvalue weighted by atomic mass is 10.2. The van der Waals surface area contributed by atoms with Crippen LogP contribution in [0.25, 0.3) is 0 Å². The van der Waals surface area contributed by atoms with Crippen LogP contribution in [0.2, 0.25) is 0 Å². The largest absolute Gasteiger partial charge is 0.388 e. The summed E-state index contributed by atoms with van der Waals surface area (Å²) in [7, 11) is 0. The Kier molecular flexibility index (Phi) is 3.22. The summed E-state index contributed by atoms with van der Waals surface area (Å²) in [6.45, 7) is 0.827. The predicted molar refractivity (Wildman–Crippen MR) is 36.8 cm³/mol. The van der Waals surface area contributed by atoms with Gasteiger partial charge in [0.2, 0.25) is 0 Å². The third-order valence-corrected chi connectivity index (χ3v) is 1.50. The molecule has 0 aromatic rings. The average molecular weight is 163 g/mol. The lowest BCUT2D eigenvalue weighted by Gasteiger charge is -2.14. The van der Waals surface area contributed by atoms with Gasteiger partial charge in [-0.2, -0.15) is 0 Å². The molecule has 3 atom stereocenters. The Hall–Kier alpha value is -0.200.